The fourth-order valence-electron chi connectivity index (χ4n) is 3.07. The molecule has 3 heteroatoms. The van der Waals surface area contributed by atoms with Crippen molar-refractivity contribution < 1.29 is 9.47 Å². The number of nitrogens with one attached hydrogen (secondary N) is 1. The number of benzene rings is 1. The van der Waals surface area contributed by atoms with E-state index < -0.39 is 0 Å². The maximum atomic E-state index is 6.15. The van der Waals surface area contributed by atoms with Gasteiger partial charge in [-0.3, -0.25) is 0 Å². The van der Waals surface area contributed by atoms with Crippen LogP contribution in [-0.2, 0) is 11.3 Å². The van der Waals surface area contributed by atoms with E-state index in [4.69, 9.17) is 9.47 Å². The molecule has 1 N–H and O–H groups in total. The lowest BCUT2D eigenvalue weighted by molar-refractivity contribution is -0.135. The van der Waals surface area contributed by atoms with Crippen molar-refractivity contribution in [2.75, 3.05) is 13.7 Å². The van der Waals surface area contributed by atoms with Gasteiger partial charge >= 0.3 is 0 Å². The SMILES string of the molecule is CCNC1CC(OCc2cccc(OC)c2)C1(C)CC. The van der Waals surface area contributed by atoms with Crippen LogP contribution in [0.4, 0.5) is 0 Å². The van der Waals surface area contributed by atoms with Crippen LogP contribution in [0.5, 0.6) is 5.75 Å². The Morgan fingerprint density at radius 1 is 1.35 bits per heavy atom. The predicted octanol–water partition coefficient (Wildman–Crippen LogP) is 3.38. The Labute approximate surface area is 122 Å². The summed E-state index contributed by atoms with van der Waals surface area (Å²) in [7, 11) is 1.70. The Hall–Kier alpha value is -1.06. The summed E-state index contributed by atoms with van der Waals surface area (Å²) < 4.78 is 11.4. The molecule has 0 aromatic heterocycles. The molecular weight excluding hydrogens is 250 g/mol. The van der Waals surface area contributed by atoms with Crippen LogP contribution in [0.15, 0.2) is 24.3 Å². The van der Waals surface area contributed by atoms with E-state index in [-0.39, 0.29) is 5.41 Å². The molecule has 112 valence electrons. The van der Waals surface area contributed by atoms with Gasteiger partial charge in [0.1, 0.15) is 5.75 Å². The smallest absolute Gasteiger partial charge is 0.119 e. The first kappa shape index (κ1) is 15.3. The molecule has 3 atom stereocenters. The van der Waals surface area contributed by atoms with Crippen molar-refractivity contribution in [2.45, 2.75) is 52.4 Å². The van der Waals surface area contributed by atoms with Crippen molar-refractivity contribution in [1.82, 2.24) is 5.32 Å². The standard InChI is InChI=1S/C17H27NO2/c1-5-17(3)15(18-6-2)11-16(17)20-12-13-8-7-9-14(10-13)19-4/h7-10,15-16,18H,5-6,11-12H2,1-4H3. The molecule has 1 aliphatic carbocycles. The highest BCUT2D eigenvalue weighted by molar-refractivity contribution is 5.28. The Balaban J connectivity index is 1.91. The summed E-state index contributed by atoms with van der Waals surface area (Å²) in [6.07, 6.45) is 2.61. The fraction of sp³-hybridized carbons (Fsp3) is 0.647. The summed E-state index contributed by atoms with van der Waals surface area (Å²) in [6.45, 7) is 8.45. The van der Waals surface area contributed by atoms with E-state index in [0.717, 1.165) is 25.1 Å². The summed E-state index contributed by atoms with van der Waals surface area (Å²) in [4.78, 5) is 0. The minimum absolute atomic E-state index is 0.259. The third-order valence-corrected chi connectivity index (χ3v) is 4.78. The van der Waals surface area contributed by atoms with Gasteiger partial charge in [-0.1, -0.05) is 32.9 Å². The molecule has 3 nitrogen and oxygen atoms in total. The maximum Gasteiger partial charge on any atom is 0.119 e. The van der Waals surface area contributed by atoms with Crippen LogP contribution in [-0.4, -0.2) is 25.8 Å². The molecule has 2 rings (SSSR count). The van der Waals surface area contributed by atoms with Gasteiger partial charge in [0.05, 0.1) is 19.8 Å². The van der Waals surface area contributed by atoms with Gasteiger partial charge in [-0.05, 0) is 37.1 Å². The molecule has 3 unspecified atom stereocenters. The van der Waals surface area contributed by atoms with Gasteiger partial charge in [0.15, 0.2) is 0 Å². The van der Waals surface area contributed by atoms with Crippen molar-refractivity contribution in [3.63, 3.8) is 0 Å². The van der Waals surface area contributed by atoms with Crippen LogP contribution < -0.4 is 10.1 Å². The second-order valence-electron chi connectivity index (χ2n) is 5.86. The summed E-state index contributed by atoms with van der Waals surface area (Å²) in [5.74, 6) is 0.892. The zero-order chi connectivity index (χ0) is 14.6. The third kappa shape index (κ3) is 2.99. The minimum Gasteiger partial charge on any atom is -0.497 e. The summed E-state index contributed by atoms with van der Waals surface area (Å²) in [5, 5.41) is 3.57. The van der Waals surface area contributed by atoms with Crippen molar-refractivity contribution >= 4 is 0 Å². The minimum atomic E-state index is 0.259. The van der Waals surface area contributed by atoms with Gasteiger partial charge in [-0.2, -0.15) is 0 Å². The van der Waals surface area contributed by atoms with Crippen molar-refractivity contribution in [3.8, 4) is 5.75 Å². The Kier molecular flexibility index (Phi) is 5.06. The van der Waals surface area contributed by atoms with Crippen LogP contribution in [0.25, 0.3) is 0 Å². The second kappa shape index (κ2) is 6.59. The number of hydrogen-bond acceptors (Lipinski definition) is 3. The van der Waals surface area contributed by atoms with E-state index in [2.05, 4.69) is 32.2 Å². The van der Waals surface area contributed by atoms with E-state index in [1.807, 2.05) is 18.2 Å². The average molecular weight is 277 g/mol. The molecule has 1 aromatic carbocycles. The lowest BCUT2D eigenvalue weighted by Gasteiger charge is -2.53. The van der Waals surface area contributed by atoms with Crippen LogP contribution >= 0.6 is 0 Å². The molecular formula is C17H27NO2. The topological polar surface area (TPSA) is 30.5 Å². The van der Waals surface area contributed by atoms with Crippen LogP contribution in [0.1, 0.15) is 39.2 Å². The lowest BCUT2D eigenvalue weighted by atomic mass is 9.61. The quantitative estimate of drug-likeness (QED) is 0.829. The summed E-state index contributed by atoms with van der Waals surface area (Å²) in [5.41, 5.74) is 1.43. The van der Waals surface area contributed by atoms with Crippen molar-refractivity contribution in [1.29, 1.82) is 0 Å². The normalized spacial score (nSPS) is 29.0. The maximum absolute atomic E-state index is 6.15. The summed E-state index contributed by atoms with van der Waals surface area (Å²) in [6, 6.07) is 8.70. The van der Waals surface area contributed by atoms with Gasteiger partial charge in [0, 0.05) is 11.5 Å². The van der Waals surface area contributed by atoms with Gasteiger partial charge < -0.3 is 14.8 Å². The van der Waals surface area contributed by atoms with Crippen molar-refractivity contribution in [2.24, 2.45) is 5.41 Å². The molecule has 0 heterocycles. The molecule has 1 fully saturated rings. The van der Waals surface area contributed by atoms with E-state index >= 15 is 0 Å². The predicted molar refractivity (Wildman–Crippen MR) is 82.1 cm³/mol. The molecule has 20 heavy (non-hydrogen) atoms. The third-order valence-electron chi connectivity index (χ3n) is 4.78. The molecule has 1 saturated carbocycles. The van der Waals surface area contributed by atoms with Crippen LogP contribution in [0.2, 0.25) is 0 Å². The first-order chi connectivity index (χ1) is 9.63. The molecule has 1 aliphatic rings. The van der Waals surface area contributed by atoms with Gasteiger partial charge in [-0.25, -0.2) is 0 Å². The molecule has 0 radical (unpaired) electrons. The molecule has 1 aromatic rings. The molecule has 0 bridgehead atoms. The van der Waals surface area contributed by atoms with Crippen LogP contribution in [0.3, 0.4) is 0 Å². The molecule has 0 amide bonds. The highest BCUT2D eigenvalue weighted by Crippen LogP contribution is 2.46. The Morgan fingerprint density at radius 2 is 2.15 bits per heavy atom. The molecule has 0 saturated heterocycles. The van der Waals surface area contributed by atoms with E-state index in [9.17, 15) is 0 Å². The van der Waals surface area contributed by atoms with E-state index in [1.54, 1.807) is 7.11 Å². The zero-order valence-electron chi connectivity index (χ0n) is 13.1. The van der Waals surface area contributed by atoms with Crippen LogP contribution in [0, 0.1) is 5.41 Å². The highest BCUT2D eigenvalue weighted by Gasteiger charge is 2.50. The van der Waals surface area contributed by atoms with Gasteiger partial charge in [-0.15, -0.1) is 0 Å². The van der Waals surface area contributed by atoms with Crippen molar-refractivity contribution in [3.05, 3.63) is 29.8 Å². The average Bonchev–Trinajstić information content (AvgIpc) is 2.49. The Bertz CT molecular complexity index is 435. The number of hydrogen-bond donors (Lipinski definition) is 1. The van der Waals surface area contributed by atoms with E-state index in [1.165, 1.54) is 5.56 Å². The number of ether oxygens (including phenoxy) is 2. The number of methoxy groups -OCH3 is 1. The number of rotatable bonds is 7. The van der Waals surface area contributed by atoms with Gasteiger partial charge in [0.25, 0.3) is 0 Å². The first-order valence-electron chi connectivity index (χ1n) is 7.62. The fourth-order valence-corrected chi connectivity index (χ4v) is 3.07. The molecule has 0 spiro atoms. The molecule has 0 aliphatic heterocycles. The summed E-state index contributed by atoms with van der Waals surface area (Å²) >= 11 is 0. The zero-order valence-corrected chi connectivity index (χ0v) is 13.1. The van der Waals surface area contributed by atoms with E-state index in [0.29, 0.717) is 18.8 Å². The first-order valence-corrected chi connectivity index (χ1v) is 7.62. The highest BCUT2D eigenvalue weighted by atomic mass is 16.5. The lowest BCUT2D eigenvalue weighted by Crippen LogP contribution is -2.62. The second-order valence-corrected chi connectivity index (χ2v) is 5.86. The monoisotopic (exact) mass is 277 g/mol. The van der Waals surface area contributed by atoms with Gasteiger partial charge in [0.2, 0.25) is 0 Å². The largest absolute Gasteiger partial charge is 0.497 e. The Morgan fingerprint density at radius 3 is 2.80 bits per heavy atom.